The lowest BCUT2D eigenvalue weighted by Crippen LogP contribution is -2.28. The van der Waals surface area contributed by atoms with Gasteiger partial charge in [-0.2, -0.15) is 5.26 Å². The first-order valence-electron chi connectivity index (χ1n) is 3.58. The monoisotopic (exact) mass is 155 g/mol. The van der Waals surface area contributed by atoms with Gasteiger partial charge in [0.25, 0.3) is 0 Å². The average molecular weight is 155 g/mol. The van der Waals surface area contributed by atoms with E-state index in [2.05, 4.69) is 0 Å². The number of carbonyl (C=O) groups is 1. The third kappa shape index (κ3) is 5.37. The highest BCUT2D eigenvalue weighted by Gasteiger charge is 2.02. The molecule has 4 nitrogen and oxygen atoms in total. The Labute approximate surface area is 66.6 Å². The topological polar surface area (TPSA) is 70.1 Å². The lowest BCUT2D eigenvalue weighted by Gasteiger charge is -2.14. The maximum absolute atomic E-state index is 10.3. The molecule has 0 rings (SSSR count). The molecule has 0 aliphatic carbocycles. The maximum Gasteiger partial charge on any atom is 0.218 e. The number of nitrogens with zero attached hydrogens (tertiary/aromatic N) is 2. The van der Waals surface area contributed by atoms with Gasteiger partial charge in [0.1, 0.15) is 0 Å². The number of nitriles is 1. The van der Waals surface area contributed by atoms with Crippen molar-refractivity contribution >= 4 is 5.91 Å². The highest BCUT2D eigenvalue weighted by atomic mass is 16.1. The molecular formula is C7H13N3O. The standard InChI is InChI=1S/C7H13N3O/c1-2-10(6-4-8)5-3-7(9)11/h2-3,5-6H2,1H3,(H2,9,11). The van der Waals surface area contributed by atoms with Gasteiger partial charge in [0, 0.05) is 13.0 Å². The summed E-state index contributed by atoms with van der Waals surface area (Å²) < 4.78 is 0. The number of nitrogens with two attached hydrogens (primary N) is 1. The molecule has 0 aromatic carbocycles. The van der Waals surface area contributed by atoms with Crippen molar-refractivity contribution in [3.8, 4) is 6.07 Å². The lowest BCUT2D eigenvalue weighted by atomic mass is 10.3. The summed E-state index contributed by atoms with van der Waals surface area (Å²) in [6, 6.07) is 2.02. The van der Waals surface area contributed by atoms with Crippen LogP contribution >= 0.6 is 0 Å². The fraction of sp³-hybridized carbons (Fsp3) is 0.714. The Hall–Kier alpha value is -1.08. The molecule has 0 aromatic heterocycles. The molecule has 0 spiro atoms. The van der Waals surface area contributed by atoms with E-state index in [9.17, 15) is 4.79 Å². The van der Waals surface area contributed by atoms with Crippen LogP contribution < -0.4 is 5.73 Å². The predicted octanol–water partition coefficient (Wildman–Crippen LogP) is -0.293. The molecule has 0 radical (unpaired) electrons. The number of hydrogen-bond acceptors (Lipinski definition) is 3. The van der Waals surface area contributed by atoms with E-state index >= 15 is 0 Å². The van der Waals surface area contributed by atoms with Crippen LogP contribution in [-0.4, -0.2) is 30.4 Å². The summed E-state index contributed by atoms with van der Waals surface area (Å²) in [5.74, 6) is -0.318. The smallest absolute Gasteiger partial charge is 0.218 e. The normalized spacial score (nSPS) is 9.55. The van der Waals surface area contributed by atoms with Gasteiger partial charge in [0.15, 0.2) is 0 Å². The molecule has 0 aliphatic heterocycles. The van der Waals surface area contributed by atoms with E-state index in [4.69, 9.17) is 11.0 Å². The van der Waals surface area contributed by atoms with Gasteiger partial charge < -0.3 is 5.73 Å². The zero-order valence-corrected chi connectivity index (χ0v) is 6.71. The van der Waals surface area contributed by atoms with Crippen LogP contribution in [0.4, 0.5) is 0 Å². The molecule has 0 aliphatic rings. The molecule has 0 aromatic rings. The number of primary amides is 1. The number of amides is 1. The van der Waals surface area contributed by atoms with Gasteiger partial charge in [-0.1, -0.05) is 6.92 Å². The zero-order valence-electron chi connectivity index (χ0n) is 6.71. The van der Waals surface area contributed by atoms with Crippen molar-refractivity contribution in [2.24, 2.45) is 5.73 Å². The Morgan fingerprint density at radius 3 is 2.73 bits per heavy atom. The molecule has 0 atom stereocenters. The Balaban J connectivity index is 3.53. The zero-order chi connectivity index (χ0) is 8.69. The van der Waals surface area contributed by atoms with Gasteiger partial charge in [-0.05, 0) is 6.54 Å². The highest BCUT2D eigenvalue weighted by Crippen LogP contribution is 1.88. The second-order valence-corrected chi connectivity index (χ2v) is 2.24. The van der Waals surface area contributed by atoms with Crippen LogP contribution in [0.3, 0.4) is 0 Å². The quantitative estimate of drug-likeness (QED) is 0.554. The summed E-state index contributed by atoms with van der Waals surface area (Å²) in [5, 5.41) is 8.33. The van der Waals surface area contributed by atoms with Crippen molar-refractivity contribution < 1.29 is 4.79 Å². The first kappa shape index (κ1) is 9.92. The summed E-state index contributed by atoms with van der Waals surface area (Å²) >= 11 is 0. The molecule has 0 bridgehead atoms. The van der Waals surface area contributed by atoms with Crippen molar-refractivity contribution in [2.45, 2.75) is 13.3 Å². The minimum atomic E-state index is -0.318. The molecule has 0 saturated carbocycles. The van der Waals surface area contributed by atoms with Crippen molar-refractivity contribution in [3.63, 3.8) is 0 Å². The van der Waals surface area contributed by atoms with Crippen LogP contribution in [0, 0.1) is 11.3 Å². The summed E-state index contributed by atoms with van der Waals surface area (Å²) in [7, 11) is 0. The minimum Gasteiger partial charge on any atom is -0.370 e. The molecule has 62 valence electrons. The van der Waals surface area contributed by atoms with Crippen molar-refractivity contribution in [1.82, 2.24) is 4.90 Å². The first-order chi connectivity index (χ1) is 5.20. The molecule has 2 N–H and O–H groups in total. The van der Waals surface area contributed by atoms with Crippen LogP contribution in [0.5, 0.6) is 0 Å². The third-order valence-corrected chi connectivity index (χ3v) is 1.42. The molecule has 0 heterocycles. The van der Waals surface area contributed by atoms with Crippen LogP contribution in [0.1, 0.15) is 13.3 Å². The van der Waals surface area contributed by atoms with Crippen molar-refractivity contribution in [3.05, 3.63) is 0 Å². The van der Waals surface area contributed by atoms with Gasteiger partial charge in [0.05, 0.1) is 12.6 Å². The maximum atomic E-state index is 10.3. The molecule has 0 unspecified atom stereocenters. The summed E-state index contributed by atoms with van der Waals surface area (Å²) in [6.45, 7) is 3.67. The Morgan fingerprint density at radius 1 is 1.73 bits per heavy atom. The molecular weight excluding hydrogens is 142 g/mol. The Morgan fingerprint density at radius 2 is 2.36 bits per heavy atom. The SMILES string of the molecule is CCN(CC#N)CCC(N)=O. The number of rotatable bonds is 5. The van der Waals surface area contributed by atoms with Crippen LogP contribution in [-0.2, 0) is 4.79 Å². The van der Waals surface area contributed by atoms with E-state index in [1.54, 1.807) is 0 Å². The number of carbonyl (C=O) groups excluding carboxylic acids is 1. The molecule has 4 heteroatoms. The Bertz CT molecular complexity index is 162. The van der Waals surface area contributed by atoms with Gasteiger partial charge in [-0.3, -0.25) is 9.69 Å². The van der Waals surface area contributed by atoms with Gasteiger partial charge in [-0.25, -0.2) is 0 Å². The van der Waals surface area contributed by atoms with Crippen LogP contribution in [0.25, 0.3) is 0 Å². The molecule has 11 heavy (non-hydrogen) atoms. The van der Waals surface area contributed by atoms with Gasteiger partial charge in [0.2, 0.25) is 5.91 Å². The fourth-order valence-electron chi connectivity index (χ4n) is 0.717. The van der Waals surface area contributed by atoms with Gasteiger partial charge >= 0.3 is 0 Å². The third-order valence-electron chi connectivity index (χ3n) is 1.42. The largest absolute Gasteiger partial charge is 0.370 e. The van der Waals surface area contributed by atoms with Crippen molar-refractivity contribution in [1.29, 1.82) is 5.26 Å². The lowest BCUT2D eigenvalue weighted by molar-refractivity contribution is -0.118. The van der Waals surface area contributed by atoms with Crippen LogP contribution in [0.2, 0.25) is 0 Å². The van der Waals surface area contributed by atoms with E-state index in [1.807, 2.05) is 17.9 Å². The highest BCUT2D eigenvalue weighted by molar-refractivity contribution is 5.73. The minimum absolute atomic E-state index is 0.318. The summed E-state index contributed by atoms with van der Waals surface area (Å²) in [6.07, 6.45) is 0.329. The van der Waals surface area contributed by atoms with E-state index in [0.717, 1.165) is 6.54 Å². The van der Waals surface area contributed by atoms with E-state index in [0.29, 0.717) is 19.5 Å². The predicted molar refractivity (Wildman–Crippen MR) is 41.5 cm³/mol. The van der Waals surface area contributed by atoms with Gasteiger partial charge in [-0.15, -0.1) is 0 Å². The summed E-state index contributed by atoms with van der Waals surface area (Å²) in [5.41, 5.74) is 4.94. The average Bonchev–Trinajstić information content (AvgIpc) is 1.97. The Kier molecular flexibility index (Phi) is 5.13. The molecule has 1 amide bonds. The molecule has 0 saturated heterocycles. The second kappa shape index (κ2) is 5.69. The van der Waals surface area contributed by atoms with E-state index in [-0.39, 0.29) is 5.91 Å². The second-order valence-electron chi connectivity index (χ2n) is 2.24. The van der Waals surface area contributed by atoms with Crippen LogP contribution in [0.15, 0.2) is 0 Å². The van der Waals surface area contributed by atoms with E-state index in [1.165, 1.54) is 0 Å². The molecule has 0 fully saturated rings. The summed E-state index contributed by atoms with van der Waals surface area (Å²) in [4.78, 5) is 12.2. The fourth-order valence-corrected chi connectivity index (χ4v) is 0.717. The van der Waals surface area contributed by atoms with Crippen molar-refractivity contribution in [2.75, 3.05) is 19.6 Å². The number of hydrogen-bond donors (Lipinski definition) is 1. The first-order valence-corrected chi connectivity index (χ1v) is 3.58. The van der Waals surface area contributed by atoms with E-state index < -0.39 is 0 Å².